The van der Waals surface area contributed by atoms with E-state index < -0.39 is 35.8 Å². The monoisotopic (exact) mass is 357 g/mol. The number of benzene rings is 1. The van der Waals surface area contributed by atoms with E-state index in [9.17, 15) is 18.3 Å². The van der Waals surface area contributed by atoms with Crippen molar-refractivity contribution in [2.24, 2.45) is 0 Å². The number of halogens is 3. The highest BCUT2D eigenvalue weighted by Crippen LogP contribution is 2.39. The van der Waals surface area contributed by atoms with Crippen molar-refractivity contribution in [1.82, 2.24) is 5.32 Å². The first-order chi connectivity index (χ1) is 11.4. The Hall–Kier alpha value is -1.51. The van der Waals surface area contributed by atoms with E-state index in [0.717, 1.165) is 6.07 Å². The normalized spacial score (nSPS) is 20.2. The van der Waals surface area contributed by atoms with Crippen molar-refractivity contribution in [1.29, 1.82) is 0 Å². The summed E-state index contributed by atoms with van der Waals surface area (Å²) < 4.78 is 50.8. The van der Waals surface area contributed by atoms with Gasteiger partial charge in [0, 0.05) is 6.54 Å². The van der Waals surface area contributed by atoms with Crippen molar-refractivity contribution in [3.63, 3.8) is 0 Å². The molecular formula is C17H23BF3NO3. The summed E-state index contributed by atoms with van der Waals surface area (Å²) in [6, 6.07) is 2.96. The molecule has 0 amide bonds. The van der Waals surface area contributed by atoms with Gasteiger partial charge in [0.05, 0.1) is 16.8 Å². The molecule has 1 aliphatic heterocycles. The van der Waals surface area contributed by atoms with E-state index in [0.29, 0.717) is 18.1 Å². The molecule has 138 valence electrons. The highest BCUT2D eigenvalue weighted by Gasteiger charge is 2.52. The van der Waals surface area contributed by atoms with Crippen LogP contribution in [0.5, 0.6) is 5.75 Å². The maximum Gasteiger partial charge on any atom is 0.491 e. The molecule has 0 bridgehead atoms. The van der Waals surface area contributed by atoms with Crippen LogP contribution in [0, 0.1) is 0 Å². The minimum atomic E-state index is -4.53. The van der Waals surface area contributed by atoms with Crippen molar-refractivity contribution in [2.75, 3.05) is 13.6 Å². The largest absolute Gasteiger partial charge is 0.508 e. The first kappa shape index (κ1) is 19.8. The number of alkyl halides is 3. The molecule has 1 aromatic carbocycles. The minimum Gasteiger partial charge on any atom is -0.508 e. The third-order valence-corrected chi connectivity index (χ3v) is 4.56. The Morgan fingerprint density at radius 2 is 1.72 bits per heavy atom. The molecule has 2 rings (SSSR count). The molecule has 0 saturated carbocycles. The summed E-state index contributed by atoms with van der Waals surface area (Å²) in [4.78, 5) is 0. The Kier molecular flexibility index (Phi) is 5.28. The molecular weight excluding hydrogens is 334 g/mol. The average molecular weight is 357 g/mol. The van der Waals surface area contributed by atoms with Crippen molar-refractivity contribution in [3.05, 3.63) is 34.8 Å². The van der Waals surface area contributed by atoms with Crippen LogP contribution in [0.3, 0.4) is 0 Å². The van der Waals surface area contributed by atoms with Gasteiger partial charge in [0.25, 0.3) is 0 Å². The molecule has 0 unspecified atom stereocenters. The van der Waals surface area contributed by atoms with Gasteiger partial charge >= 0.3 is 13.3 Å². The van der Waals surface area contributed by atoms with Crippen molar-refractivity contribution >= 4 is 13.2 Å². The Balaban J connectivity index is 2.40. The van der Waals surface area contributed by atoms with Crippen LogP contribution in [-0.4, -0.2) is 37.0 Å². The number of nitrogens with one attached hydrogen (secondary N) is 1. The maximum atomic E-state index is 12.9. The van der Waals surface area contributed by atoms with Crippen LogP contribution < -0.4 is 5.32 Å². The quantitative estimate of drug-likeness (QED) is 0.808. The van der Waals surface area contributed by atoms with Crippen LogP contribution in [0.2, 0.25) is 0 Å². The Morgan fingerprint density at radius 3 is 2.20 bits per heavy atom. The van der Waals surface area contributed by atoms with Crippen molar-refractivity contribution < 1.29 is 27.6 Å². The Morgan fingerprint density at radius 1 is 1.16 bits per heavy atom. The summed E-state index contributed by atoms with van der Waals surface area (Å²) in [5, 5.41) is 12.6. The summed E-state index contributed by atoms with van der Waals surface area (Å²) in [6.07, 6.45) is -2.98. The standard InChI is InChI=1S/C17H23BF3NO3/c1-15(2)16(3,4)25-18(24-15)13(10-22-5)7-11-6-12(17(19,20)21)9-14(23)8-11/h6-9,22-23H,10H2,1-5H3. The molecule has 0 aromatic heterocycles. The van der Waals surface area contributed by atoms with Crippen LogP contribution in [0.1, 0.15) is 38.8 Å². The van der Waals surface area contributed by atoms with Crippen LogP contribution in [0.25, 0.3) is 6.08 Å². The highest BCUT2D eigenvalue weighted by molar-refractivity contribution is 6.55. The average Bonchev–Trinajstić information content (AvgIpc) is 2.65. The molecule has 1 aromatic rings. The fraction of sp³-hybridized carbons (Fsp3) is 0.529. The van der Waals surface area contributed by atoms with Gasteiger partial charge in [0.2, 0.25) is 0 Å². The maximum absolute atomic E-state index is 12.9. The zero-order chi connectivity index (χ0) is 19.0. The molecule has 8 heteroatoms. The molecule has 1 fully saturated rings. The second-order valence-electron chi connectivity index (χ2n) is 7.15. The molecule has 25 heavy (non-hydrogen) atoms. The number of likely N-dealkylation sites (N-methyl/N-ethyl adjacent to an activating group) is 1. The zero-order valence-electron chi connectivity index (χ0n) is 15.0. The molecule has 2 N–H and O–H groups in total. The SMILES string of the molecule is CNCC(=Cc1cc(O)cc(C(F)(F)F)c1)B1OC(C)(C)C(C)(C)O1. The van der Waals surface area contributed by atoms with Crippen molar-refractivity contribution in [2.45, 2.75) is 45.1 Å². The lowest BCUT2D eigenvalue weighted by Crippen LogP contribution is -2.41. The highest BCUT2D eigenvalue weighted by atomic mass is 19.4. The molecule has 0 spiro atoms. The van der Waals surface area contributed by atoms with Gasteiger partial charge in [0.15, 0.2) is 0 Å². The van der Waals surface area contributed by atoms with Gasteiger partial charge in [-0.2, -0.15) is 13.2 Å². The van der Waals surface area contributed by atoms with Crippen LogP contribution >= 0.6 is 0 Å². The van der Waals surface area contributed by atoms with Crippen LogP contribution in [-0.2, 0) is 15.5 Å². The zero-order valence-corrected chi connectivity index (χ0v) is 15.0. The Labute approximate surface area is 146 Å². The molecule has 0 atom stereocenters. The Bertz CT molecular complexity index is 656. The number of hydrogen-bond acceptors (Lipinski definition) is 4. The first-order valence-corrected chi connectivity index (χ1v) is 7.98. The molecule has 0 radical (unpaired) electrons. The van der Waals surface area contributed by atoms with E-state index >= 15 is 0 Å². The predicted octanol–water partition coefficient (Wildman–Crippen LogP) is 3.65. The smallest absolute Gasteiger partial charge is 0.491 e. The van der Waals surface area contributed by atoms with Crippen LogP contribution in [0.4, 0.5) is 13.2 Å². The van der Waals surface area contributed by atoms with Crippen LogP contribution in [0.15, 0.2) is 23.7 Å². The van der Waals surface area contributed by atoms with E-state index in [1.807, 2.05) is 27.7 Å². The van der Waals surface area contributed by atoms with E-state index in [-0.39, 0.29) is 5.56 Å². The number of phenolic OH excluding ortho intramolecular Hbond substituents is 1. The van der Waals surface area contributed by atoms with E-state index in [2.05, 4.69) is 5.32 Å². The lowest BCUT2D eigenvalue weighted by molar-refractivity contribution is -0.137. The molecule has 1 aliphatic rings. The minimum absolute atomic E-state index is 0.229. The summed E-state index contributed by atoms with van der Waals surface area (Å²) in [5.74, 6) is -0.446. The van der Waals surface area contributed by atoms with Gasteiger partial charge in [-0.25, -0.2) is 0 Å². The topological polar surface area (TPSA) is 50.7 Å². The summed E-state index contributed by atoms with van der Waals surface area (Å²) in [5.41, 5.74) is -1.15. The number of phenols is 1. The third kappa shape index (κ3) is 4.37. The van der Waals surface area contributed by atoms with Gasteiger partial charge in [0.1, 0.15) is 5.75 Å². The number of rotatable bonds is 4. The second-order valence-corrected chi connectivity index (χ2v) is 7.15. The van der Waals surface area contributed by atoms with Gasteiger partial charge in [-0.05, 0) is 64.0 Å². The molecule has 1 heterocycles. The third-order valence-electron chi connectivity index (χ3n) is 4.56. The summed E-state index contributed by atoms with van der Waals surface area (Å²) >= 11 is 0. The molecule has 1 saturated heterocycles. The van der Waals surface area contributed by atoms with Gasteiger partial charge in [-0.15, -0.1) is 0 Å². The van der Waals surface area contributed by atoms with Crippen molar-refractivity contribution in [3.8, 4) is 5.75 Å². The fourth-order valence-corrected chi connectivity index (χ4v) is 2.50. The molecule has 4 nitrogen and oxygen atoms in total. The summed E-state index contributed by atoms with van der Waals surface area (Å²) in [7, 11) is 1.04. The second kappa shape index (κ2) is 6.66. The fourth-order valence-electron chi connectivity index (χ4n) is 2.50. The first-order valence-electron chi connectivity index (χ1n) is 7.98. The van der Waals surface area contributed by atoms with E-state index in [1.165, 1.54) is 6.07 Å². The number of hydrogen-bond donors (Lipinski definition) is 2. The summed E-state index contributed by atoms with van der Waals surface area (Å²) in [6.45, 7) is 7.98. The predicted molar refractivity (Wildman–Crippen MR) is 91.1 cm³/mol. The van der Waals surface area contributed by atoms with E-state index in [4.69, 9.17) is 9.31 Å². The van der Waals surface area contributed by atoms with Gasteiger partial charge in [-0.1, -0.05) is 6.08 Å². The lowest BCUT2D eigenvalue weighted by Gasteiger charge is -2.32. The van der Waals surface area contributed by atoms with Gasteiger partial charge < -0.3 is 19.7 Å². The lowest BCUT2D eigenvalue weighted by atomic mass is 9.77. The molecule has 0 aliphatic carbocycles. The van der Waals surface area contributed by atoms with Gasteiger partial charge in [-0.3, -0.25) is 0 Å². The number of aromatic hydroxyl groups is 1. The van der Waals surface area contributed by atoms with E-state index in [1.54, 1.807) is 13.1 Å².